The molecule has 5 heteroatoms. The van der Waals surface area contributed by atoms with Gasteiger partial charge in [-0.05, 0) is 5.92 Å². The Morgan fingerprint density at radius 2 is 2.31 bits per heavy atom. The molecule has 0 saturated heterocycles. The van der Waals surface area contributed by atoms with Gasteiger partial charge in [0.15, 0.2) is 0 Å². The first kappa shape index (κ1) is 11.0. The lowest BCUT2D eigenvalue weighted by Gasteiger charge is -2.27. The van der Waals surface area contributed by atoms with Gasteiger partial charge in [-0.25, -0.2) is 4.79 Å². The Bertz CT molecular complexity index is 397. The molecular formula is C11H18N4O. The second kappa shape index (κ2) is 4.15. The standard InChI is InChI=1S/C11H18N4O/c1-7(2)10-8-6-15(11(16)12-3)5-4-9(8)13-14-10/h7H,4-6H2,1-3H3,(H,12,16)(H,13,14). The minimum atomic E-state index is -0.0124. The molecule has 0 unspecified atom stereocenters. The van der Waals surface area contributed by atoms with Gasteiger partial charge in [-0.3, -0.25) is 5.10 Å². The molecule has 2 heterocycles. The molecule has 1 aliphatic rings. The van der Waals surface area contributed by atoms with Crippen LogP contribution in [0.2, 0.25) is 0 Å². The van der Waals surface area contributed by atoms with Crippen LogP contribution in [0.15, 0.2) is 0 Å². The molecule has 2 amide bonds. The Kier molecular flexibility index (Phi) is 2.85. The van der Waals surface area contributed by atoms with E-state index in [1.54, 1.807) is 7.05 Å². The minimum absolute atomic E-state index is 0.0124. The van der Waals surface area contributed by atoms with Crippen molar-refractivity contribution in [2.45, 2.75) is 32.7 Å². The van der Waals surface area contributed by atoms with Crippen molar-refractivity contribution in [1.82, 2.24) is 20.4 Å². The molecule has 0 bridgehead atoms. The normalized spacial score (nSPS) is 15.1. The van der Waals surface area contributed by atoms with Gasteiger partial charge < -0.3 is 10.2 Å². The Morgan fingerprint density at radius 3 is 2.94 bits per heavy atom. The highest BCUT2D eigenvalue weighted by Crippen LogP contribution is 2.25. The lowest BCUT2D eigenvalue weighted by atomic mass is 10.00. The van der Waals surface area contributed by atoms with E-state index in [0.29, 0.717) is 12.5 Å². The molecule has 1 aromatic rings. The number of carbonyl (C=O) groups excluding carboxylic acids is 1. The molecule has 2 rings (SSSR count). The van der Waals surface area contributed by atoms with E-state index in [1.807, 2.05) is 4.90 Å². The smallest absolute Gasteiger partial charge is 0.317 e. The molecule has 0 aliphatic carbocycles. The van der Waals surface area contributed by atoms with Crippen molar-refractivity contribution in [2.24, 2.45) is 0 Å². The van der Waals surface area contributed by atoms with Crippen LogP contribution in [0.25, 0.3) is 0 Å². The lowest BCUT2D eigenvalue weighted by Crippen LogP contribution is -2.41. The zero-order valence-electron chi connectivity index (χ0n) is 10.0. The fourth-order valence-corrected chi connectivity index (χ4v) is 2.13. The second-order valence-electron chi connectivity index (χ2n) is 4.45. The molecule has 88 valence electrons. The number of hydrogen-bond acceptors (Lipinski definition) is 2. The van der Waals surface area contributed by atoms with Crippen LogP contribution in [0.4, 0.5) is 4.79 Å². The summed E-state index contributed by atoms with van der Waals surface area (Å²) < 4.78 is 0. The summed E-state index contributed by atoms with van der Waals surface area (Å²) in [5, 5.41) is 10.1. The van der Waals surface area contributed by atoms with Gasteiger partial charge in [0.05, 0.1) is 12.2 Å². The van der Waals surface area contributed by atoms with E-state index in [2.05, 4.69) is 29.4 Å². The van der Waals surface area contributed by atoms with E-state index in [-0.39, 0.29) is 6.03 Å². The number of H-pyrrole nitrogens is 1. The topological polar surface area (TPSA) is 61.0 Å². The molecule has 0 spiro atoms. The highest BCUT2D eigenvalue weighted by atomic mass is 16.2. The predicted molar refractivity (Wildman–Crippen MR) is 61.2 cm³/mol. The van der Waals surface area contributed by atoms with Crippen LogP contribution in [0, 0.1) is 0 Å². The van der Waals surface area contributed by atoms with Crippen LogP contribution in [-0.4, -0.2) is 34.7 Å². The monoisotopic (exact) mass is 222 g/mol. The van der Waals surface area contributed by atoms with Crippen molar-refractivity contribution in [2.75, 3.05) is 13.6 Å². The van der Waals surface area contributed by atoms with E-state index in [4.69, 9.17) is 0 Å². The predicted octanol–water partition coefficient (Wildman–Crippen LogP) is 1.23. The summed E-state index contributed by atoms with van der Waals surface area (Å²) in [5.41, 5.74) is 3.47. The van der Waals surface area contributed by atoms with Crippen molar-refractivity contribution in [3.05, 3.63) is 17.0 Å². The van der Waals surface area contributed by atoms with E-state index in [9.17, 15) is 4.79 Å². The first-order valence-electron chi connectivity index (χ1n) is 5.66. The van der Waals surface area contributed by atoms with Crippen LogP contribution in [-0.2, 0) is 13.0 Å². The molecule has 1 aliphatic heterocycles. The molecule has 0 fully saturated rings. The third-order valence-corrected chi connectivity index (χ3v) is 3.01. The van der Waals surface area contributed by atoms with Crippen molar-refractivity contribution in [3.8, 4) is 0 Å². The van der Waals surface area contributed by atoms with E-state index < -0.39 is 0 Å². The summed E-state index contributed by atoms with van der Waals surface area (Å²) in [4.78, 5) is 13.4. The van der Waals surface area contributed by atoms with Gasteiger partial charge in [0.1, 0.15) is 0 Å². The third-order valence-electron chi connectivity index (χ3n) is 3.01. The molecular weight excluding hydrogens is 204 g/mol. The SMILES string of the molecule is CNC(=O)N1CCc2[nH]nc(C(C)C)c2C1. The van der Waals surface area contributed by atoms with Crippen LogP contribution < -0.4 is 5.32 Å². The number of nitrogens with zero attached hydrogens (tertiary/aromatic N) is 2. The van der Waals surface area contributed by atoms with Gasteiger partial charge in [-0.2, -0.15) is 5.10 Å². The Morgan fingerprint density at radius 1 is 1.56 bits per heavy atom. The number of rotatable bonds is 1. The zero-order chi connectivity index (χ0) is 11.7. The Balaban J connectivity index is 2.24. The lowest BCUT2D eigenvalue weighted by molar-refractivity contribution is 0.194. The molecule has 0 radical (unpaired) electrons. The summed E-state index contributed by atoms with van der Waals surface area (Å²) >= 11 is 0. The Hall–Kier alpha value is -1.52. The average molecular weight is 222 g/mol. The van der Waals surface area contributed by atoms with E-state index in [1.165, 1.54) is 11.3 Å². The Labute approximate surface area is 95.2 Å². The highest BCUT2D eigenvalue weighted by molar-refractivity contribution is 5.74. The average Bonchev–Trinajstić information content (AvgIpc) is 2.70. The van der Waals surface area contributed by atoms with E-state index in [0.717, 1.165) is 18.7 Å². The van der Waals surface area contributed by atoms with Gasteiger partial charge in [0.25, 0.3) is 0 Å². The molecule has 0 atom stereocenters. The second-order valence-corrected chi connectivity index (χ2v) is 4.45. The van der Waals surface area contributed by atoms with Crippen molar-refractivity contribution >= 4 is 6.03 Å². The summed E-state index contributed by atoms with van der Waals surface area (Å²) in [7, 11) is 1.66. The maximum absolute atomic E-state index is 11.6. The molecule has 1 aromatic heterocycles. The molecule has 5 nitrogen and oxygen atoms in total. The van der Waals surface area contributed by atoms with Crippen molar-refractivity contribution in [3.63, 3.8) is 0 Å². The fraction of sp³-hybridized carbons (Fsp3) is 0.636. The zero-order valence-corrected chi connectivity index (χ0v) is 10.0. The van der Waals surface area contributed by atoms with Gasteiger partial charge >= 0.3 is 6.03 Å². The minimum Gasteiger partial charge on any atom is -0.341 e. The summed E-state index contributed by atoms with van der Waals surface area (Å²) in [6.07, 6.45) is 0.864. The number of nitrogens with one attached hydrogen (secondary N) is 2. The maximum Gasteiger partial charge on any atom is 0.317 e. The molecule has 2 N–H and O–H groups in total. The van der Waals surface area contributed by atoms with Gasteiger partial charge in [-0.1, -0.05) is 13.8 Å². The number of urea groups is 1. The van der Waals surface area contributed by atoms with Crippen LogP contribution in [0.5, 0.6) is 0 Å². The van der Waals surface area contributed by atoms with Crippen LogP contribution in [0.3, 0.4) is 0 Å². The van der Waals surface area contributed by atoms with Crippen LogP contribution in [0.1, 0.15) is 36.7 Å². The first-order valence-corrected chi connectivity index (χ1v) is 5.66. The van der Waals surface area contributed by atoms with E-state index >= 15 is 0 Å². The quantitative estimate of drug-likeness (QED) is 0.750. The molecule has 16 heavy (non-hydrogen) atoms. The van der Waals surface area contributed by atoms with Gasteiger partial charge in [-0.15, -0.1) is 0 Å². The summed E-state index contributed by atoms with van der Waals surface area (Å²) in [6, 6.07) is -0.0124. The number of aromatic nitrogens is 2. The largest absolute Gasteiger partial charge is 0.341 e. The molecule has 0 saturated carbocycles. The van der Waals surface area contributed by atoms with Crippen molar-refractivity contribution < 1.29 is 4.79 Å². The highest BCUT2D eigenvalue weighted by Gasteiger charge is 2.25. The fourth-order valence-electron chi connectivity index (χ4n) is 2.13. The molecule has 0 aromatic carbocycles. The van der Waals surface area contributed by atoms with Crippen LogP contribution >= 0.6 is 0 Å². The number of fused-ring (bicyclic) bond motifs is 1. The number of hydrogen-bond donors (Lipinski definition) is 2. The first-order chi connectivity index (χ1) is 7.63. The number of amides is 2. The number of carbonyl (C=O) groups is 1. The number of aromatic amines is 1. The van der Waals surface area contributed by atoms with Gasteiger partial charge in [0, 0.05) is 31.3 Å². The van der Waals surface area contributed by atoms with Crippen molar-refractivity contribution in [1.29, 1.82) is 0 Å². The summed E-state index contributed by atoms with van der Waals surface area (Å²) in [5.74, 6) is 0.393. The third kappa shape index (κ3) is 1.77. The maximum atomic E-state index is 11.6. The summed E-state index contributed by atoms with van der Waals surface area (Å²) in [6.45, 7) is 5.66. The van der Waals surface area contributed by atoms with Gasteiger partial charge in [0.2, 0.25) is 0 Å².